The van der Waals surface area contributed by atoms with Gasteiger partial charge in [0.25, 0.3) is 15.9 Å². The van der Waals surface area contributed by atoms with Gasteiger partial charge in [-0.25, -0.2) is 8.42 Å². The van der Waals surface area contributed by atoms with Crippen LogP contribution in [-0.4, -0.2) is 28.5 Å². The van der Waals surface area contributed by atoms with Crippen molar-refractivity contribution in [2.24, 2.45) is 0 Å². The van der Waals surface area contributed by atoms with E-state index in [0.29, 0.717) is 17.0 Å². The number of carbonyl (C=O) groups is 1. The smallest absolute Gasteiger partial charge is 0.264 e. The molecule has 0 aromatic heterocycles. The monoisotopic (exact) mass is 424 g/mol. The van der Waals surface area contributed by atoms with Crippen LogP contribution in [0.15, 0.2) is 83.8 Å². The number of ether oxygens (including phenoxy) is 1. The first-order valence-corrected chi connectivity index (χ1v) is 10.9. The van der Waals surface area contributed by atoms with Crippen molar-refractivity contribution < 1.29 is 17.9 Å². The average Bonchev–Trinajstić information content (AvgIpc) is 2.79. The molecule has 0 saturated heterocycles. The lowest BCUT2D eigenvalue weighted by Gasteiger charge is -2.21. The first-order chi connectivity index (χ1) is 14.3. The number of hydrogen-bond donors (Lipinski definition) is 1. The average molecular weight is 425 g/mol. The Bertz CT molecular complexity index is 1130. The number of para-hydroxylation sites is 1. The third-order valence-corrected chi connectivity index (χ3v) is 6.63. The van der Waals surface area contributed by atoms with Crippen molar-refractivity contribution in [3.8, 4) is 5.75 Å². The quantitative estimate of drug-likeness (QED) is 0.622. The maximum absolute atomic E-state index is 12.9. The summed E-state index contributed by atoms with van der Waals surface area (Å²) in [6.07, 6.45) is 0. The van der Waals surface area contributed by atoms with E-state index in [4.69, 9.17) is 4.74 Å². The molecule has 1 amide bonds. The van der Waals surface area contributed by atoms with E-state index in [1.165, 1.54) is 23.5 Å². The summed E-state index contributed by atoms with van der Waals surface area (Å²) >= 11 is 0. The fourth-order valence-electron chi connectivity index (χ4n) is 3.11. The van der Waals surface area contributed by atoms with Gasteiger partial charge in [0, 0.05) is 18.2 Å². The second kappa shape index (κ2) is 9.00. The number of nitrogens with zero attached hydrogens (tertiary/aromatic N) is 1. The van der Waals surface area contributed by atoms with E-state index in [2.05, 4.69) is 5.32 Å². The van der Waals surface area contributed by atoms with Crippen LogP contribution in [0.1, 0.15) is 28.9 Å². The number of hydrogen-bond acceptors (Lipinski definition) is 4. The lowest BCUT2D eigenvalue weighted by atomic mass is 10.1. The maximum atomic E-state index is 12.9. The van der Waals surface area contributed by atoms with Crippen LogP contribution in [0, 0.1) is 0 Å². The lowest BCUT2D eigenvalue weighted by molar-refractivity contribution is 0.0939. The van der Waals surface area contributed by atoms with Crippen LogP contribution >= 0.6 is 0 Å². The molecule has 0 saturated carbocycles. The summed E-state index contributed by atoms with van der Waals surface area (Å²) in [6.45, 7) is 1.87. The SMILES string of the molecule is COc1ccccc1C(C)NC(=O)c1cccc(N(C)S(=O)(=O)c2ccccc2)c1. The molecular formula is C23H24N2O4S. The summed E-state index contributed by atoms with van der Waals surface area (Å²) in [5.74, 6) is 0.383. The van der Waals surface area contributed by atoms with Gasteiger partial charge in [-0.1, -0.05) is 42.5 Å². The van der Waals surface area contributed by atoms with Crippen LogP contribution in [0.2, 0.25) is 0 Å². The molecule has 0 spiro atoms. The zero-order valence-corrected chi connectivity index (χ0v) is 17.9. The van der Waals surface area contributed by atoms with Crippen LogP contribution in [0.25, 0.3) is 0 Å². The molecule has 3 rings (SSSR count). The summed E-state index contributed by atoms with van der Waals surface area (Å²) in [5, 5.41) is 2.94. The molecule has 0 aliphatic rings. The molecule has 0 aliphatic heterocycles. The number of nitrogens with one attached hydrogen (secondary N) is 1. The number of carbonyl (C=O) groups excluding carboxylic acids is 1. The molecule has 1 N–H and O–H groups in total. The normalized spacial score (nSPS) is 12.1. The van der Waals surface area contributed by atoms with E-state index in [1.807, 2.05) is 31.2 Å². The fraction of sp³-hybridized carbons (Fsp3) is 0.174. The summed E-state index contributed by atoms with van der Waals surface area (Å²) < 4.78 is 32.2. The summed E-state index contributed by atoms with van der Waals surface area (Å²) in [5.41, 5.74) is 1.62. The second-order valence-electron chi connectivity index (χ2n) is 6.77. The Morgan fingerprint density at radius 2 is 1.63 bits per heavy atom. The van der Waals surface area contributed by atoms with Gasteiger partial charge < -0.3 is 10.1 Å². The molecular weight excluding hydrogens is 400 g/mol. The molecule has 0 fully saturated rings. The molecule has 3 aromatic carbocycles. The van der Waals surface area contributed by atoms with Crippen molar-refractivity contribution in [1.29, 1.82) is 0 Å². The number of sulfonamides is 1. The van der Waals surface area contributed by atoms with Crippen LogP contribution in [0.5, 0.6) is 5.75 Å². The molecule has 30 heavy (non-hydrogen) atoms. The van der Waals surface area contributed by atoms with Crippen molar-refractivity contribution in [1.82, 2.24) is 5.32 Å². The largest absolute Gasteiger partial charge is 0.496 e. The van der Waals surface area contributed by atoms with Gasteiger partial charge >= 0.3 is 0 Å². The number of benzene rings is 3. The predicted molar refractivity (Wildman–Crippen MR) is 117 cm³/mol. The highest BCUT2D eigenvalue weighted by atomic mass is 32.2. The minimum Gasteiger partial charge on any atom is -0.496 e. The Morgan fingerprint density at radius 1 is 0.967 bits per heavy atom. The maximum Gasteiger partial charge on any atom is 0.264 e. The van der Waals surface area contributed by atoms with Gasteiger partial charge in [0.2, 0.25) is 0 Å². The highest BCUT2D eigenvalue weighted by molar-refractivity contribution is 7.92. The number of anilines is 1. The Labute approximate surface area is 177 Å². The van der Waals surface area contributed by atoms with Gasteiger partial charge in [-0.2, -0.15) is 0 Å². The topological polar surface area (TPSA) is 75.7 Å². The Kier molecular flexibility index (Phi) is 6.42. The first-order valence-electron chi connectivity index (χ1n) is 9.42. The molecule has 0 bridgehead atoms. The van der Waals surface area contributed by atoms with Crippen molar-refractivity contribution in [2.75, 3.05) is 18.5 Å². The van der Waals surface area contributed by atoms with E-state index >= 15 is 0 Å². The molecule has 156 valence electrons. The molecule has 6 nitrogen and oxygen atoms in total. The molecule has 0 heterocycles. The highest BCUT2D eigenvalue weighted by Crippen LogP contribution is 2.26. The number of methoxy groups -OCH3 is 1. The predicted octanol–water partition coefficient (Wildman–Crippen LogP) is 4.01. The number of rotatable bonds is 7. The molecule has 0 aliphatic carbocycles. The summed E-state index contributed by atoms with van der Waals surface area (Å²) in [6, 6.07) is 21.9. The van der Waals surface area contributed by atoms with E-state index in [0.717, 1.165) is 5.56 Å². The molecule has 0 radical (unpaired) electrons. The van der Waals surface area contributed by atoms with Gasteiger partial charge in [-0.05, 0) is 43.3 Å². The Balaban J connectivity index is 1.82. The van der Waals surface area contributed by atoms with Crippen LogP contribution < -0.4 is 14.4 Å². The molecule has 3 aromatic rings. The third-order valence-electron chi connectivity index (χ3n) is 4.83. The van der Waals surface area contributed by atoms with Crippen LogP contribution in [0.4, 0.5) is 5.69 Å². The molecule has 7 heteroatoms. The molecule has 1 atom stereocenters. The van der Waals surface area contributed by atoms with E-state index in [1.54, 1.807) is 49.6 Å². The zero-order chi connectivity index (χ0) is 21.7. The summed E-state index contributed by atoms with van der Waals surface area (Å²) in [4.78, 5) is 13.0. The fourth-order valence-corrected chi connectivity index (χ4v) is 4.32. The molecule has 1 unspecified atom stereocenters. The Morgan fingerprint density at radius 3 is 2.33 bits per heavy atom. The second-order valence-corrected chi connectivity index (χ2v) is 8.74. The van der Waals surface area contributed by atoms with Gasteiger partial charge in [0.15, 0.2) is 0 Å². The van der Waals surface area contributed by atoms with Gasteiger partial charge in [0.1, 0.15) is 5.75 Å². The third kappa shape index (κ3) is 4.46. The standard InChI is InChI=1S/C23H24N2O4S/c1-17(21-14-7-8-15-22(21)29-3)24-23(26)18-10-9-11-19(16-18)25(2)30(27,28)20-12-5-4-6-13-20/h4-17H,1-3H3,(H,24,26). The van der Waals surface area contributed by atoms with Crippen molar-refractivity contribution in [3.05, 3.63) is 90.0 Å². The van der Waals surface area contributed by atoms with Gasteiger partial charge in [-0.15, -0.1) is 0 Å². The van der Waals surface area contributed by atoms with E-state index < -0.39 is 10.0 Å². The summed E-state index contributed by atoms with van der Waals surface area (Å²) in [7, 11) is -0.672. The lowest BCUT2D eigenvalue weighted by Crippen LogP contribution is -2.28. The minimum absolute atomic E-state index is 0.187. The van der Waals surface area contributed by atoms with Crippen molar-refractivity contribution in [3.63, 3.8) is 0 Å². The minimum atomic E-state index is -3.72. The van der Waals surface area contributed by atoms with E-state index in [-0.39, 0.29) is 16.8 Å². The highest BCUT2D eigenvalue weighted by Gasteiger charge is 2.22. The van der Waals surface area contributed by atoms with Crippen molar-refractivity contribution in [2.45, 2.75) is 17.9 Å². The first kappa shape index (κ1) is 21.4. The van der Waals surface area contributed by atoms with Gasteiger partial charge in [-0.3, -0.25) is 9.10 Å². The van der Waals surface area contributed by atoms with Crippen LogP contribution in [0.3, 0.4) is 0 Å². The zero-order valence-electron chi connectivity index (χ0n) is 17.1. The number of amides is 1. The van der Waals surface area contributed by atoms with Crippen molar-refractivity contribution >= 4 is 21.6 Å². The van der Waals surface area contributed by atoms with Crippen LogP contribution in [-0.2, 0) is 10.0 Å². The van der Waals surface area contributed by atoms with Gasteiger partial charge in [0.05, 0.1) is 23.7 Å². The van der Waals surface area contributed by atoms with E-state index in [9.17, 15) is 13.2 Å². The Hall–Kier alpha value is -3.32.